The second-order valence-electron chi connectivity index (χ2n) is 8.61. The molecule has 1 fully saturated rings. The number of nitrogens with zero attached hydrogens (tertiary/aromatic N) is 1. The number of rotatable bonds is 4. The van der Waals surface area contributed by atoms with Gasteiger partial charge in [-0.1, -0.05) is 25.8 Å². The first kappa shape index (κ1) is 20.4. The third kappa shape index (κ3) is 3.77. The number of hydrogen-bond acceptors (Lipinski definition) is 5. The molecule has 1 aliphatic heterocycles. The van der Waals surface area contributed by atoms with Crippen molar-refractivity contribution in [2.75, 3.05) is 6.79 Å². The van der Waals surface area contributed by atoms with E-state index >= 15 is 0 Å². The molecule has 1 saturated carbocycles. The Balaban J connectivity index is 1.42. The van der Waals surface area contributed by atoms with E-state index in [1.165, 1.54) is 6.42 Å². The summed E-state index contributed by atoms with van der Waals surface area (Å²) in [6.07, 6.45) is 4.40. The van der Waals surface area contributed by atoms with Gasteiger partial charge in [0, 0.05) is 11.6 Å². The zero-order valence-electron chi connectivity index (χ0n) is 17.8. The quantitative estimate of drug-likeness (QED) is 0.656. The predicted octanol–water partition coefficient (Wildman–Crippen LogP) is 2.78. The molecule has 1 amide bonds. The lowest BCUT2D eigenvalue weighted by molar-refractivity contribution is 0.0910. The van der Waals surface area contributed by atoms with Crippen molar-refractivity contribution in [3.05, 3.63) is 68.4 Å². The molecule has 8 nitrogen and oxygen atoms in total. The van der Waals surface area contributed by atoms with E-state index in [0.717, 1.165) is 29.4 Å². The number of nitrogens with one attached hydrogen (secondary N) is 2. The van der Waals surface area contributed by atoms with Crippen LogP contribution in [-0.4, -0.2) is 28.3 Å². The van der Waals surface area contributed by atoms with Crippen LogP contribution in [-0.2, 0) is 6.54 Å². The lowest BCUT2D eigenvalue weighted by atomic mass is 9.86. The summed E-state index contributed by atoms with van der Waals surface area (Å²) in [5.74, 6) is 1.49. The molecule has 166 valence electrons. The standard InChI is InChI=1S/C24H25N3O5/c1-14-4-2-3-5-18(14)25-22(28)16-7-8-17-19(11-16)26-24(30)27(23(17)29)12-15-6-9-20-21(10-15)32-13-31-20/h6-11,14,18H,2-5,12-13H2,1H3,(H,25,28)(H,26,30)/t14-,18+/m1/s1. The third-order valence-corrected chi connectivity index (χ3v) is 6.45. The van der Waals surface area contributed by atoms with E-state index < -0.39 is 11.2 Å². The van der Waals surface area contributed by atoms with Gasteiger partial charge in [-0.25, -0.2) is 4.79 Å². The van der Waals surface area contributed by atoms with Crippen molar-refractivity contribution in [3.8, 4) is 11.5 Å². The van der Waals surface area contributed by atoms with Crippen LogP contribution >= 0.6 is 0 Å². The van der Waals surface area contributed by atoms with Crippen LogP contribution in [0.4, 0.5) is 0 Å². The molecule has 2 aromatic carbocycles. The van der Waals surface area contributed by atoms with Crippen molar-refractivity contribution in [1.82, 2.24) is 14.9 Å². The molecule has 2 N–H and O–H groups in total. The highest BCUT2D eigenvalue weighted by atomic mass is 16.7. The van der Waals surface area contributed by atoms with Crippen molar-refractivity contribution in [3.63, 3.8) is 0 Å². The first-order chi connectivity index (χ1) is 15.5. The average Bonchev–Trinajstić information content (AvgIpc) is 3.25. The lowest BCUT2D eigenvalue weighted by Gasteiger charge is -2.29. The van der Waals surface area contributed by atoms with Gasteiger partial charge in [-0.05, 0) is 54.7 Å². The fourth-order valence-electron chi connectivity index (χ4n) is 4.54. The Morgan fingerprint density at radius 1 is 1.09 bits per heavy atom. The highest BCUT2D eigenvalue weighted by molar-refractivity contribution is 5.97. The Labute approximate surface area is 184 Å². The maximum atomic E-state index is 13.0. The fraction of sp³-hybridized carbons (Fsp3) is 0.375. The molecular formula is C24H25N3O5. The molecule has 0 spiro atoms. The Morgan fingerprint density at radius 2 is 1.91 bits per heavy atom. The molecule has 0 radical (unpaired) electrons. The van der Waals surface area contributed by atoms with Gasteiger partial charge < -0.3 is 19.8 Å². The van der Waals surface area contributed by atoms with Crippen molar-refractivity contribution in [2.24, 2.45) is 5.92 Å². The van der Waals surface area contributed by atoms with Crippen molar-refractivity contribution in [2.45, 2.75) is 45.2 Å². The molecule has 8 heteroatoms. The van der Waals surface area contributed by atoms with E-state index in [1.807, 2.05) is 0 Å². The zero-order valence-corrected chi connectivity index (χ0v) is 17.8. The normalized spacial score (nSPS) is 19.8. The number of carbonyl (C=O) groups is 1. The SMILES string of the molecule is C[C@@H]1CCCC[C@@H]1NC(=O)c1ccc2c(=O)n(Cc3ccc4c(c3)OCO4)c(=O)[nH]c2c1. The Kier molecular flexibility index (Phi) is 5.20. The third-order valence-electron chi connectivity index (χ3n) is 6.45. The largest absolute Gasteiger partial charge is 0.454 e. The summed E-state index contributed by atoms with van der Waals surface area (Å²) in [6.45, 7) is 2.41. The summed E-state index contributed by atoms with van der Waals surface area (Å²) in [7, 11) is 0. The summed E-state index contributed by atoms with van der Waals surface area (Å²) >= 11 is 0. The second kappa shape index (κ2) is 8.18. The van der Waals surface area contributed by atoms with Crippen LogP contribution in [0.5, 0.6) is 11.5 Å². The molecule has 2 heterocycles. The average molecular weight is 435 g/mol. The van der Waals surface area contributed by atoms with Gasteiger partial charge in [0.25, 0.3) is 11.5 Å². The smallest absolute Gasteiger partial charge is 0.329 e. The molecule has 3 aromatic rings. The second-order valence-corrected chi connectivity index (χ2v) is 8.61. The summed E-state index contributed by atoms with van der Waals surface area (Å²) in [4.78, 5) is 41.2. The molecule has 2 aliphatic rings. The van der Waals surface area contributed by atoms with Crippen molar-refractivity contribution in [1.29, 1.82) is 0 Å². The van der Waals surface area contributed by atoms with Gasteiger partial charge in [-0.2, -0.15) is 0 Å². The number of hydrogen-bond donors (Lipinski definition) is 2. The monoisotopic (exact) mass is 435 g/mol. The number of aromatic amines is 1. The van der Waals surface area contributed by atoms with E-state index in [-0.39, 0.29) is 25.3 Å². The van der Waals surface area contributed by atoms with E-state index in [2.05, 4.69) is 17.2 Å². The number of benzene rings is 2. The molecule has 1 aliphatic carbocycles. The fourth-order valence-corrected chi connectivity index (χ4v) is 4.54. The number of amides is 1. The van der Waals surface area contributed by atoms with E-state index in [9.17, 15) is 14.4 Å². The van der Waals surface area contributed by atoms with Crippen LogP contribution in [0.25, 0.3) is 10.9 Å². The maximum Gasteiger partial charge on any atom is 0.329 e. The van der Waals surface area contributed by atoms with Crippen molar-refractivity contribution >= 4 is 16.8 Å². The summed E-state index contributed by atoms with van der Waals surface area (Å²) in [5, 5.41) is 3.46. The lowest BCUT2D eigenvalue weighted by Crippen LogP contribution is -2.41. The minimum absolute atomic E-state index is 0.0998. The number of fused-ring (bicyclic) bond motifs is 2. The Hall–Kier alpha value is -3.55. The molecule has 32 heavy (non-hydrogen) atoms. The molecule has 0 bridgehead atoms. The number of aromatic nitrogens is 2. The Morgan fingerprint density at radius 3 is 2.75 bits per heavy atom. The van der Waals surface area contributed by atoms with E-state index in [4.69, 9.17) is 9.47 Å². The zero-order chi connectivity index (χ0) is 22.2. The van der Waals surface area contributed by atoms with Crippen LogP contribution in [0.3, 0.4) is 0 Å². The van der Waals surface area contributed by atoms with Crippen LogP contribution in [0, 0.1) is 5.92 Å². The molecule has 2 atom stereocenters. The van der Waals surface area contributed by atoms with Gasteiger partial charge in [0.05, 0.1) is 17.4 Å². The molecule has 0 unspecified atom stereocenters. The number of H-pyrrole nitrogens is 1. The maximum absolute atomic E-state index is 13.0. The van der Waals surface area contributed by atoms with Crippen LogP contribution in [0.2, 0.25) is 0 Å². The van der Waals surface area contributed by atoms with Gasteiger partial charge in [-0.3, -0.25) is 14.2 Å². The van der Waals surface area contributed by atoms with Gasteiger partial charge in [0.1, 0.15) is 0 Å². The minimum Gasteiger partial charge on any atom is -0.454 e. The first-order valence-corrected chi connectivity index (χ1v) is 11.0. The van der Waals surface area contributed by atoms with Gasteiger partial charge >= 0.3 is 5.69 Å². The van der Waals surface area contributed by atoms with Crippen molar-refractivity contribution < 1.29 is 14.3 Å². The van der Waals surface area contributed by atoms with Crippen LogP contribution in [0.1, 0.15) is 48.5 Å². The highest BCUT2D eigenvalue weighted by Gasteiger charge is 2.23. The first-order valence-electron chi connectivity index (χ1n) is 11.0. The predicted molar refractivity (Wildman–Crippen MR) is 119 cm³/mol. The Bertz CT molecular complexity index is 1310. The summed E-state index contributed by atoms with van der Waals surface area (Å²) in [6, 6.07) is 10.3. The molecule has 0 saturated heterocycles. The van der Waals surface area contributed by atoms with Crippen LogP contribution < -0.4 is 26.0 Å². The molecular weight excluding hydrogens is 410 g/mol. The molecule has 1 aromatic heterocycles. The topological polar surface area (TPSA) is 102 Å². The van der Waals surface area contributed by atoms with E-state index in [1.54, 1.807) is 36.4 Å². The van der Waals surface area contributed by atoms with Gasteiger partial charge in [0.15, 0.2) is 11.5 Å². The van der Waals surface area contributed by atoms with Gasteiger partial charge in [0.2, 0.25) is 6.79 Å². The summed E-state index contributed by atoms with van der Waals surface area (Å²) < 4.78 is 11.8. The number of carbonyl (C=O) groups excluding carboxylic acids is 1. The highest BCUT2D eigenvalue weighted by Crippen LogP contribution is 2.32. The minimum atomic E-state index is -0.529. The molecule has 5 rings (SSSR count). The van der Waals surface area contributed by atoms with E-state index in [0.29, 0.717) is 33.9 Å². The summed E-state index contributed by atoms with van der Waals surface area (Å²) in [5.41, 5.74) is 0.594. The number of ether oxygens (including phenoxy) is 2. The van der Waals surface area contributed by atoms with Gasteiger partial charge in [-0.15, -0.1) is 0 Å². The van der Waals surface area contributed by atoms with Crippen LogP contribution in [0.15, 0.2) is 46.0 Å².